The van der Waals surface area contributed by atoms with Crippen molar-refractivity contribution in [3.8, 4) is 11.9 Å². The van der Waals surface area contributed by atoms with Gasteiger partial charge in [0, 0.05) is 53.9 Å². The van der Waals surface area contributed by atoms with E-state index in [0.717, 1.165) is 11.1 Å². The molecule has 154 valence electrons. The van der Waals surface area contributed by atoms with Crippen LogP contribution in [0, 0.1) is 16.9 Å². The maximum atomic E-state index is 9.42. The van der Waals surface area contributed by atoms with Crippen LogP contribution >= 0.6 is 0 Å². The third kappa shape index (κ3) is 4.59. The lowest BCUT2D eigenvalue weighted by molar-refractivity contribution is 0.196. The summed E-state index contributed by atoms with van der Waals surface area (Å²) >= 11 is 0. The van der Waals surface area contributed by atoms with Gasteiger partial charge in [0.2, 0.25) is 0 Å². The monoisotopic (exact) mass is 405 g/mol. The molecule has 10 nitrogen and oxygen atoms in total. The molecule has 0 saturated heterocycles. The van der Waals surface area contributed by atoms with Crippen LogP contribution in [0.5, 0.6) is 0 Å². The molecule has 0 aliphatic rings. The fourth-order valence-corrected chi connectivity index (χ4v) is 2.84. The summed E-state index contributed by atoms with van der Waals surface area (Å²) in [7, 11) is 0. The Balaban J connectivity index is 2.04. The van der Waals surface area contributed by atoms with Crippen LogP contribution in [0.2, 0.25) is 0 Å². The third-order valence-electron chi connectivity index (χ3n) is 4.14. The first kappa shape index (κ1) is 20.9. The van der Waals surface area contributed by atoms with Crippen LogP contribution in [-0.4, -0.2) is 43.5 Å². The van der Waals surface area contributed by atoms with Crippen molar-refractivity contribution in [1.82, 2.24) is 25.1 Å². The molecule has 30 heavy (non-hydrogen) atoms. The van der Waals surface area contributed by atoms with Crippen LogP contribution in [0.4, 0.5) is 5.69 Å². The molecule has 4 N–H and O–H groups in total. The van der Waals surface area contributed by atoms with E-state index >= 15 is 0 Å². The molecule has 0 aliphatic carbocycles. The number of nitrogens with one attached hydrogen (secondary N) is 3. The minimum absolute atomic E-state index is 0.127. The van der Waals surface area contributed by atoms with E-state index in [9.17, 15) is 5.11 Å². The van der Waals surface area contributed by atoms with Crippen LogP contribution in [0.1, 0.15) is 31.9 Å². The van der Waals surface area contributed by atoms with Gasteiger partial charge in [0.1, 0.15) is 11.8 Å². The summed E-state index contributed by atoms with van der Waals surface area (Å²) in [6.45, 7) is 6.02. The SMILES string of the molecule is CC(O)CN/C=C(\N=N)c1cnc(-n2ncc3cc(C#N)cnc32)cc1NC(C)C. The maximum Gasteiger partial charge on any atom is 0.164 e. The van der Waals surface area contributed by atoms with E-state index in [-0.39, 0.29) is 6.04 Å². The Morgan fingerprint density at radius 1 is 1.30 bits per heavy atom. The first-order chi connectivity index (χ1) is 14.4. The van der Waals surface area contributed by atoms with E-state index in [1.54, 1.807) is 36.3 Å². The van der Waals surface area contributed by atoms with Gasteiger partial charge in [-0.25, -0.2) is 15.5 Å². The van der Waals surface area contributed by atoms with Crippen molar-refractivity contribution in [3.05, 3.63) is 48.1 Å². The van der Waals surface area contributed by atoms with E-state index in [2.05, 4.69) is 36.9 Å². The number of hydrogen-bond acceptors (Lipinski definition) is 9. The number of rotatable bonds is 8. The smallest absolute Gasteiger partial charge is 0.164 e. The van der Waals surface area contributed by atoms with Gasteiger partial charge in [-0.15, -0.1) is 0 Å². The molecule has 1 atom stereocenters. The molecule has 0 aromatic carbocycles. The van der Waals surface area contributed by atoms with Crippen molar-refractivity contribution in [2.75, 3.05) is 11.9 Å². The number of nitriles is 1. The van der Waals surface area contributed by atoms with Gasteiger partial charge in [-0.2, -0.15) is 20.2 Å². The summed E-state index contributed by atoms with van der Waals surface area (Å²) in [5.41, 5.74) is 10.3. The molecule has 0 spiro atoms. The predicted octanol–water partition coefficient (Wildman–Crippen LogP) is 2.81. The summed E-state index contributed by atoms with van der Waals surface area (Å²) in [6, 6.07) is 5.73. The third-order valence-corrected chi connectivity index (χ3v) is 4.14. The van der Waals surface area contributed by atoms with Crippen LogP contribution in [-0.2, 0) is 0 Å². The fourth-order valence-electron chi connectivity index (χ4n) is 2.84. The van der Waals surface area contributed by atoms with Crippen molar-refractivity contribution in [1.29, 1.82) is 10.8 Å². The van der Waals surface area contributed by atoms with E-state index in [0.29, 0.717) is 34.8 Å². The van der Waals surface area contributed by atoms with Gasteiger partial charge in [0.15, 0.2) is 11.5 Å². The standard InChI is InChI=1S/C20H23N9O/c1-12(2)27-17-5-19(24-10-16(17)18(28-22)11-23-7-13(3)30)29-20-15(9-26-29)4-14(6-21)8-25-20/h4-5,8-13,22-23,30H,7H2,1-3H3,(H,24,27)/b18-11-,28-22?. The molecular weight excluding hydrogens is 382 g/mol. The molecule has 3 rings (SSSR count). The van der Waals surface area contributed by atoms with Gasteiger partial charge >= 0.3 is 0 Å². The molecule has 0 aliphatic heterocycles. The van der Waals surface area contributed by atoms with E-state index < -0.39 is 6.10 Å². The molecule has 3 heterocycles. The van der Waals surface area contributed by atoms with Gasteiger partial charge in [-0.3, -0.25) is 0 Å². The van der Waals surface area contributed by atoms with Gasteiger partial charge in [0.25, 0.3) is 0 Å². The maximum absolute atomic E-state index is 9.42. The molecule has 0 amide bonds. The van der Waals surface area contributed by atoms with Crippen LogP contribution in [0.25, 0.3) is 22.5 Å². The predicted molar refractivity (Wildman–Crippen MR) is 113 cm³/mol. The largest absolute Gasteiger partial charge is 0.392 e. The fraction of sp³-hybridized carbons (Fsp3) is 0.300. The molecule has 0 radical (unpaired) electrons. The lowest BCUT2D eigenvalue weighted by Crippen LogP contribution is -2.20. The Hall–Kier alpha value is -3.84. The average molecular weight is 405 g/mol. The number of fused-ring (bicyclic) bond motifs is 1. The summed E-state index contributed by atoms with van der Waals surface area (Å²) in [5, 5.41) is 33.5. The number of anilines is 1. The van der Waals surface area contributed by atoms with Gasteiger partial charge in [-0.05, 0) is 26.8 Å². The van der Waals surface area contributed by atoms with Gasteiger partial charge in [0.05, 0.1) is 17.9 Å². The van der Waals surface area contributed by atoms with E-state index in [4.69, 9.17) is 10.8 Å². The number of aliphatic hydroxyl groups excluding tert-OH is 1. The van der Waals surface area contributed by atoms with Crippen molar-refractivity contribution >= 4 is 22.4 Å². The highest BCUT2D eigenvalue weighted by molar-refractivity contribution is 5.79. The lowest BCUT2D eigenvalue weighted by atomic mass is 10.1. The summed E-state index contributed by atoms with van der Waals surface area (Å²) in [4.78, 5) is 8.82. The van der Waals surface area contributed by atoms with Crippen LogP contribution < -0.4 is 10.6 Å². The Morgan fingerprint density at radius 3 is 2.77 bits per heavy atom. The minimum Gasteiger partial charge on any atom is -0.392 e. The number of pyridine rings is 2. The van der Waals surface area contributed by atoms with Crippen LogP contribution in [0.3, 0.4) is 0 Å². The highest BCUT2D eigenvalue weighted by atomic mass is 16.3. The normalized spacial score (nSPS) is 12.6. The zero-order chi connectivity index (χ0) is 21.7. The van der Waals surface area contributed by atoms with Crippen molar-refractivity contribution in [2.24, 2.45) is 5.11 Å². The molecule has 0 bridgehead atoms. The first-order valence-corrected chi connectivity index (χ1v) is 9.43. The lowest BCUT2D eigenvalue weighted by Gasteiger charge is -2.16. The molecule has 3 aromatic heterocycles. The number of aliphatic hydroxyl groups is 1. The highest BCUT2D eigenvalue weighted by Crippen LogP contribution is 2.27. The molecule has 0 fully saturated rings. The average Bonchev–Trinajstić information content (AvgIpc) is 3.14. The molecule has 1 unspecified atom stereocenters. The quantitative estimate of drug-likeness (QED) is 0.421. The molecule has 10 heteroatoms. The van der Waals surface area contributed by atoms with E-state index in [1.165, 1.54) is 6.20 Å². The Labute approximate surface area is 173 Å². The molecular formula is C20H23N9O. The summed E-state index contributed by atoms with van der Waals surface area (Å²) < 4.78 is 1.60. The van der Waals surface area contributed by atoms with Gasteiger partial charge < -0.3 is 15.7 Å². The second kappa shape index (κ2) is 9.11. The highest BCUT2D eigenvalue weighted by Gasteiger charge is 2.14. The summed E-state index contributed by atoms with van der Waals surface area (Å²) in [5.74, 6) is 0.537. The number of aromatic nitrogens is 4. The topological polar surface area (TPSA) is 148 Å². The van der Waals surface area contributed by atoms with Crippen molar-refractivity contribution in [2.45, 2.75) is 32.9 Å². The van der Waals surface area contributed by atoms with Crippen molar-refractivity contribution < 1.29 is 5.11 Å². The van der Waals surface area contributed by atoms with Crippen LogP contribution in [0.15, 0.2) is 42.0 Å². The van der Waals surface area contributed by atoms with E-state index in [1.807, 2.05) is 19.9 Å². The zero-order valence-electron chi connectivity index (χ0n) is 17.0. The Morgan fingerprint density at radius 2 is 2.10 bits per heavy atom. The van der Waals surface area contributed by atoms with Crippen molar-refractivity contribution in [3.63, 3.8) is 0 Å². The molecule has 0 saturated carbocycles. The second-order valence-corrected chi connectivity index (χ2v) is 7.09. The Kier molecular flexibility index (Phi) is 6.34. The van der Waals surface area contributed by atoms with Gasteiger partial charge in [-0.1, -0.05) is 0 Å². The minimum atomic E-state index is -0.524. The summed E-state index contributed by atoms with van der Waals surface area (Å²) in [6.07, 6.45) is 5.81. The Bertz CT molecular complexity index is 1120. The number of nitrogens with zero attached hydrogens (tertiary/aromatic N) is 6. The zero-order valence-corrected chi connectivity index (χ0v) is 17.0. The first-order valence-electron chi connectivity index (χ1n) is 9.43. The second-order valence-electron chi connectivity index (χ2n) is 7.09. The number of hydrogen-bond donors (Lipinski definition) is 4. The molecule has 3 aromatic rings.